The van der Waals surface area contributed by atoms with Crippen molar-refractivity contribution in [3.05, 3.63) is 29.3 Å². The first-order valence-electron chi connectivity index (χ1n) is 9.50. The van der Waals surface area contributed by atoms with Gasteiger partial charge in [0.05, 0.1) is 11.8 Å². The van der Waals surface area contributed by atoms with Crippen molar-refractivity contribution in [2.24, 2.45) is 11.7 Å². The third kappa shape index (κ3) is 3.84. The van der Waals surface area contributed by atoms with Crippen molar-refractivity contribution in [1.29, 1.82) is 0 Å². The van der Waals surface area contributed by atoms with Gasteiger partial charge in [0.2, 0.25) is 5.91 Å². The van der Waals surface area contributed by atoms with Crippen LogP contribution in [0.3, 0.4) is 0 Å². The minimum absolute atomic E-state index is 0.0900. The Bertz CT molecular complexity index is 802. The fraction of sp³-hybridized carbons (Fsp3) is 0.650. The molecule has 0 spiro atoms. The van der Waals surface area contributed by atoms with Crippen LogP contribution in [0.5, 0.6) is 5.75 Å². The molecule has 3 unspecified atom stereocenters. The van der Waals surface area contributed by atoms with Gasteiger partial charge in [0.1, 0.15) is 5.75 Å². The number of hydrogen-bond donors (Lipinski definition) is 1. The summed E-state index contributed by atoms with van der Waals surface area (Å²) in [7, 11) is -0.487. The van der Waals surface area contributed by atoms with E-state index in [2.05, 4.69) is 50.0 Å². The number of fused-ring (bicyclic) bond motifs is 1. The minimum atomic E-state index is -0.361. The Labute approximate surface area is 159 Å². The lowest BCUT2D eigenvalue weighted by Gasteiger charge is -2.33. The molecule has 3 atom stereocenters. The molecular weight excluding hydrogens is 362 g/mol. The molecule has 1 fully saturated rings. The maximum atomic E-state index is 12.4. The van der Waals surface area contributed by atoms with E-state index in [0.717, 1.165) is 51.3 Å². The lowest BCUT2D eigenvalue weighted by Crippen LogP contribution is -2.45. The highest BCUT2D eigenvalue weighted by Gasteiger charge is 2.43. The summed E-state index contributed by atoms with van der Waals surface area (Å²) in [5.74, 6) is 1.36. The van der Waals surface area contributed by atoms with Gasteiger partial charge in [-0.3, -0.25) is 4.79 Å². The Hall–Kier alpha value is -0.950. The van der Waals surface area contributed by atoms with E-state index in [4.69, 9.17) is 10.5 Å². The molecule has 2 aliphatic rings. The van der Waals surface area contributed by atoms with Crippen LogP contribution in [0, 0.1) is 5.92 Å². The normalized spacial score (nSPS) is 22.5. The summed E-state index contributed by atoms with van der Waals surface area (Å²) in [6, 6.07) is 6.61. The summed E-state index contributed by atoms with van der Waals surface area (Å²) in [6.45, 7) is 12.9. The van der Waals surface area contributed by atoms with Crippen LogP contribution in [0.1, 0.15) is 24.5 Å². The predicted molar refractivity (Wildman–Crippen MR) is 113 cm³/mol. The molecule has 3 rings (SSSR count). The number of rotatable bonds is 5. The first-order valence-corrected chi connectivity index (χ1v) is 14.2. The molecule has 2 heterocycles. The number of carbonyl (C=O) groups is 1. The van der Waals surface area contributed by atoms with Gasteiger partial charge in [-0.05, 0) is 69.4 Å². The molecular formula is C20H32N2O2P2. The van der Waals surface area contributed by atoms with Crippen LogP contribution in [0.2, 0.25) is 0 Å². The van der Waals surface area contributed by atoms with E-state index in [9.17, 15) is 4.79 Å². The summed E-state index contributed by atoms with van der Waals surface area (Å²) in [4.78, 5) is 14.9. The number of likely N-dealkylation sites (tertiary alicyclic amines) is 1. The molecule has 4 nitrogen and oxygen atoms in total. The molecule has 2 aliphatic heterocycles. The molecule has 1 saturated heterocycles. The smallest absolute Gasteiger partial charge is 0.231 e. The molecule has 0 bridgehead atoms. The molecule has 1 aromatic rings. The molecule has 144 valence electrons. The van der Waals surface area contributed by atoms with Crippen LogP contribution in [0.25, 0.3) is 0 Å². The SMILES string of the molecule is CP(C)#P(C)C(C)(C(N)=O)C1CCN(CCc2ccc3c(c2)CCO3)C1. The molecule has 0 saturated carbocycles. The van der Waals surface area contributed by atoms with Crippen LogP contribution < -0.4 is 10.5 Å². The number of primary amides is 1. The molecule has 1 amide bonds. The van der Waals surface area contributed by atoms with Crippen LogP contribution in [-0.4, -0.2) is 62.2 Å². The number of nitrogens with two attached hydrogens (primary N) is 1. The Balaban J connectivity index is 1.64. The fourth-order valence-electron chi connectivity index (χ4n) is 4.22. The number of ether oxygens (including phenoxy) is 1. The largest absolute Gasteiger partial charge is 0.493 e. The average molecular weight is 394 g/mol. The molecule has 0 aliphatic carbocycles. The molecule has 6 heteroatoms. The zero-order valence-electron chi connectivity index (χ0n) is 16.5. The van der Waals surface area contributed by atoms with Crippen molar-refractivity contribution in [1.82, 2.24) is 4.90 Å². The van der Waals surface area contributed by atoms with Crippen LogP contribution >= 0.6 is 14.0 Å². The van der Waals surface area contributed by atoms with E-state index < -0.39 is 0 Å². The quantitative estimate of drug-likeness (QED) is 0.778. The summed E-state index contributed by atoms with van der Waals surface area (Å²) in [5.41, 5.74) is 8.64. The Kier molecular flexibility index (Phi) is 6.07. The number of benzene rings is 1. The Morgan fingerprint density at radius 1 is 1.38 bits per heavy atom. The summed E-state index contributed by atoms with van der Waals surface area (Å²) < 4.78 is 5.60. The fourth-order valence-corrected chi connectivity index (χ4v) is 9.39. The van der Waals surface area contributed by atoms with Crippen LogP contribution in [0.4, 0.5) is 0 Å². The summed E-state index contributed by atoms with van der Waals surface area (Å²) >= 11 is 0. The number of amides is 1. The van der Waals surface area contributed by atoms with Gasteiger partial charge >= 0.3 is 0 Å². The molecule has 0 radical (unpaired) electrons. The summed E-state index contributed by atoms with van der Waals surface area (Å²) in [5, 5.41) is -0.329. The zero-order chi connectivity index (χ0) is 18.9. The lowest BCUT2D eigenvalue weighted by atomic mass is 9.91. The van der Waals surface area contributed by atoms with Gasteiger partial charge in [-0.1, -0.05) is 12.1 Å². The monoisotopic (exact) mass is 394 g/mol. The predicted octanol–water partition coefficient (Wildman–Crippen LogP) is 3.50. The highest BCUT2D eigenvalue weighted by atomic mass is 31.7. The topological polar surface area (TPSA) is 55.6 Å². The minimum Gasteiger partial charge on any atom is -0.493 e. The van der Waals surface area contributed by atoms with Gasteiger partial charge in [0.15, 0.2) is 0 Å². The number of carbonyl (C=O) groups excluding carboxylic acids is 1. The van der Waals surface area contributed by atoms with Crippen LogP contribution in [0.15, 0.2) is 18.2 Å². The first kappa shape index (κ1) is 19.8. The molecule has 0 aromatic heterocycles. The highest BCUT2D eigenvalue weighted by molar-refractivity contribution is 7.90. The van der Waals surface area contributed by atoms with E-state index in [1.54, 1.807) is 0 Å². The van der Waals surface area contributed by atoms with Crippen molar-refractivity contribution >= 4 is 20.0 Å². The maximum Gasteiger partial charge on any atom is 0.231 e. The Morgan fingerprint density at radius 3 is 2.85 bits per heavy atom. The van der Waals surface area contributed by atoms with Gasteiger partial charge in [-0.2, -0.15) is 0 Å². The van der Waals surface area contributed by atoms with Gasteiger partial charge in [0, 0.05) is 19.5 Å². The van der Waals surface area contributed by atoms with Gasteiger partial charge in [0.25, 0.3) is 0 Å². The second-order valence-corrected chi connectivity index (χ2v) is 15.8. The first-order chi connectivity index (χ1) is 12.3. The Morgan fingerprint density at radius 2 is 2.15 bits per heavy atom. The van der Waals surface area contributed by atoms with Crippen molar-refractivity contribution in [2.45, 2.75) is 31.3 Å². The standard InChI is InChI=1S/C20H32N2O2P2/c1-20(19(21)23,26(4)25(2)3)17-8-11-22(14-17)10-7-15-5-6-18-16(13-15)9-12-24-18/h5-6,13,17H,7-12,14H2,1-4H3,(H2,21,23). The van der Waals surface area contributed by atoms with E-state index in [0.29, 0.717) is 5.92 Å². The van der Waals surface area contributed by atoms with Gasteiger partial charge < -0.3 is 15.4 Å². The van der Waals surface area contributed by atoms with E-state index >= 15 is 0 Å². The highest BCUT2D eigenvalue weighted by Crippen LogP contribution is 2.50. The second kappa shape index (κ2) is 7.97. The number of nitrogens with zero attached hydrogens (tertiary/aromatic N) is 1. The average Bonchev–Trinajstić information content (AvgIpc) is 3.27. The second-order valence-electron chi connectivity index (χ2n) is 7.96. The lowest BCUT2D eigenvalue weighted by molar-refractivity contribution is -0.121. The van der Waals surface area contributed by atoms with Gasteiger partial charge in [-0.15, -0.1) is 14.0 Å². The number of hydrogen-bond acceptors (Lipinski definition) is 3. The molecule has 1 aromatic carbocycles. The van der Waals surface area contributed by atoms with Crippen molar-refractivity contribution < 1.29 is 9.53 Å². The maximum absolute atomic E-state index is 12.4. The van der Waals surface area contributed by atoms with Crippen molar-refractivity contribution in [3.8, 4) is 5.75 Å². The third-order valence-electron chi connectivity index (χ3n) is 6.31. The third-order valence-corrected chi connectivity index (χ3v) is 14.3. The van der Waals surface area contributed by atoms with E-state index in [1.165, 1.54) is 11.1 Å². The van der Waals surface area contributed by atoms with Crippen molar-refractivity contribution in [3.63, 3.8) is 0 Å². The van der Waals surface area contributed by atoms with Crippen LogP contribution in [-0.2, 0) is 17.6 Å². The summed E-state index contributed by atoms with van der Waals surface area (Å²) in [6.07, 6.45) is 3.18. The van der Waals surface area contributed by atoms with Gasteiger partial charge in [-0.25, -0.2) is 0 Å². The van der Waals surface area contributed by atoms with E-state index in [1.807, 2.05) is 0 Å². The van der Waals surface area contributed by atoms with E-state index in [-0.39, 0.29) is 25.1 Å². The van der Waals surface area contributed by atoms with Crippen molar-refractivity contribution in [2.75, 3.05) is 46.2 Å². The zero-order valence-corrected chi connectivity index (χ0v) is 18.3. The molecule has 2 N–H and O–H groups in total. The molecule has 26 heavy (non-hydrogen) atoms.